The first-order chi connectivity index (χ1) is 4.85. The van der Waals surface area contributed by atoms with Crippen molar-refractivity contribution in [1.82, 2.24) is 0 Å². The number of hydrogen-bond donors (Lipinski definition) is 0. The van der Waals surface area contributed by atoms with Gasteiger partial charge < -0.3 is 0 Å². The van der Waals surface area contributed by atoms with Crippen molar-refractivity contribution in [2.24, 2.45) is 4.99 Å². The molecule has 0 aromatic heterocycles. The molecule has 0 aromatic carbocycles. The van der Waals surface area contributed by atoms with Gasteiger partial charge in [0.05, 0.1) is 5.70 Å². The summed E-state index contributed by atoms with van der Waals surface area (Å²) in [5.41, 5.74) is 0.961. The topological polar surface area (TPSA) is 12.4 Å². The van der Waals surface area contributed by atoms with Crippen molar-refractivity contribution < 1.29 is 0 Å². The van der Waals surface area contributed by atoms with Crippen molar-refractivity contribution in [3.8, 4) is 0 Å². The molecule has 0 radical (unpaired) electrons. The molecule has 0 N–H and O–H groups in total. The predicted octanol–water partition coefficient (Wildman–Crippen LogP) is 2.72. The minimum atomic E-state index is 0.961. The monoisotopic (exact) mass is 135 g/mol. The molecule has 0 bridgehead atoms. The normalized spacial score (nSPS) is 13.2. The molecule has 0 aromatic rings. The quantitative estimate of drug-likeness (QED) is 0.417. The summed E-state index contributed by atoms with van der Waals surface area (Å²) in [6.45, 7) is 7.41. The van der Waals surface area contributed by atoms with Crippen LogP contribution < -0.4 is 0 Å². The Labute approximate surface area is 62.5 Å². The van der Waals surface area contributed by atoms with E-state index in [0.717, 1.165) is 5.70 Å². The molecule has 10 heavy (non-hydrogen) atoms. The van der Waals surface area contributed by atoms with Crippen molar-refractivity contribution in [1.29, 1.82) is 0 Å². The Morgan fingerprint density at radius 1 is 1.40 bits per heavy atom. The van der Waals surface area contributed by atoms with Crippen LogP contribution in [0.3, 0.4) is 0 Å². The van der Waals surface area contributed by atoms with Crippen LogP contribution in [0.1, 0.15) is 13.8 Å². The molecular weight excluding hydrogens is 122 g/mol. The Bertz CT molecular complexity index is 173. The second-order valence-corrected chi connectivity index (χ2v) is 1.70. The number of aliphatic imine (C=N–C) groups is 1. The summed E-state index contributed by atoms with van der Waals surface area (Å²) in [5.74, 6) is 0. The number of rotatable bonds is 3. The highest BCUT2D eigenvalue weighted by molar-refractivity contribution is 5.56. The van der Waals surface area contributed by atoms with Gasteiger partial charge in [0.15, 0.2) is 0 Å². The molecule has 0 aliphatic rings. The van der Waals surface area contributed by atoms with E-state index in [1.54, 1.807) is 12.3 Å². The van der Waals surface area contributed by atoms with Crippen LogP contribution in [0.2, 0.25) is 0 Å². The van der Waals surface area contributed by atoms with E-state index in [0.29, 0.717) is 0 Å². The van der Waals surface area contributed by atoms with Gasteiger partial charge in [-0.05, 0) is 19.9 Å². The number of allylic oxidation sites excluding steroid dienone is 4. The Balaban J connectivity index is 4.10. The second-order valence-electron chi connectivity index (χ2n) is 1.70. The molecule has 0 spiro atoms. The highest BCUT2D eigenvalue weighted by Crippen LogP contribution is 1.96. The molecule has 1 nitrogen and oxygen atoms in total. The molecule has 0 saturated heterocycles. The maximum Gasteiger partial charge on any atom is 0.0582 e. The number of hydrogen-bond acceptors (Lipinski definition) is 1. The van der Waals surface area contributed by atoms with Crippen LogP contribution in [-0.4, -0.2) is 6.21 Å². The Morgan fingerprint density at radius 2 is 2.10 bits per heavy atom. The van der Waals surface area contributed by atoms with Crippen molar-refractivity contribution >= 4 is 6.21 Å². The molecule has 0 unspecified atom stereocenters. The highest BCUT2D eigenvalue weighted by Gasteiger charge is 1.78. The van der Waals surface area contributed by atoms with Crippen LogP contribution in [0.25, 0.3) is 0 Å². The van der Waals surface area contributed by atoms with Gasteiger partial charge in [-0.3, -0.25) is 4.99 Å². The van der Waals surface area contributed by atoms with E-state index in [-0.39, 0.29) is 0 Å². The molecule has 0 saturated carbocycles. The first kappa shape index (κ1) is 8.89. The first-order valence-corrected chi connectivity index (χ1v) is 3.29. The lowest BCUT2D eigenvalue weighted by atomic mass is 10.3. The fourth-order valence-electron chi connectivity index (χ4n) is 0.529. The molecule has 54 valence electrons. The van der Waals surface area contributed by atoms with Crippen LogP contribution in [-0.2, 0) is 0 Å². The minimum Gasteiger partial charge on any atom is -0.262 e. The lowest BCUT2D eigenvalue weighted by Crippen LogP contribution is -1.69. The van der Waals surface area contributed by atoms with E-state index >= 15 is 0 Å². The SMILES string of the molecule is C=C/C=C\C(=C/C)N=CC. The fourth-order valence-corrected chi connectivity index (χ4v) is 0.529. The van der Waals surface area contributed by atoms with E-state index in [4.69, 9.17) is 0 Å². The molecule has 1 heteroatoms. The molecule has 0 atom stereocenters. The van der Waals surface area contributed by atoms with Crippen LogP contribution in [0.15, 0.2) is 41.6 Å². The first-order valence-electron chi connectivity index (χ1n) is 3.29. The van der Waals surface area contributed by atoms with Gasteiger partial charge in [-0.2, -0.15) is 0 Å². The molecule has 0 aliphatic heterocycles. The third-order valence-electron chi connectivity index (χ3n) is 0.977. The van der Waals surface area contributed by atoms with Crippen molar-refractivity contribution in [3.63, 3.8) is 0 Å². The maximum absolute atomic E-state index is 4.08. The van der Waals surface area contributed by atoms with E-state index in [1.165, 1.54) is 0 Å². The summed E-state index contributed by atoms with van der Waals surface area (Å²) in [6, 6.07) is 0. The van der Waals surface area contributed by atoms with Gasteiger partial charge in [-0.25, -0.2) is 0 Å². The zero-order chi connectivity index (χ0) is 7.82. The van der Waals surface area contributed by atoms with E-state index in [9.17, 15) is 0 Å². The minimum absolute atomic E-state index is 0.961. The van der Waals surface area contributed by atoms with Crippen molar-refractivity contribution in [2.75, 3.05) is 0 Å². The Morgan fingerprint density at radius 3 is 2.50 bits per heavy atom. The van der Waals surface area contributed by atoms with Crippen LogP contribution in [0, 0.1) is 0 Å². The predicted molar refractivity (Wildman–Crippen MR) is 47.3 cm³/mol. The summed E-state index contributed by atoms with van der Waals surface area (Å²) < 4.78 is 0. The van der Waals surface area contributed by atoms with Crippen LogP contribution in [0.4, 0.5) is 0 Å². The summed E-state index contributed by atoms with van der Waals surface area (Å²) in [5, 5.41) is 0. The van der Waals surface area contributed by atoms with Gasteiger partial charge in [-0.1, -0.05) is 24.8 Å². The fraction of sp³-hybridized carbons (Fsp3) is 0.222. The van der Waals surface area contributed by atoms with Gasteiger partial charge >= 0.3 is 0 Å². The summed E-state index contributed by atoms with van der Waals surface area (Å²) in [4.78, 5) is 4.08. The van der Waals surface area contributed by atoms with Gasteiger partial charge in [-0.15, -0.1) is 0 Å². The van der Waals surface area contributed by atoms with Gasteiger partial charge in [0, 0.05) is 6.21 Å². The second kappa shape index (κ2) is 6.02. The molecule has 0 fully saturated rings. The van der Waals surface area contributed by atoms with Crippen LogP contribution in [0.5, 0.6) is 0 Å². The van der Waals surface area contributed by atoms with Gasteiger partial charge in [0.1, 0.15) is 0 Å². The zero-order valence-corrected chi connectivity index (χ0v) is 6.54. The Hall–Kier alpha value is -1.11. The number of nitrogens with zero attached hydrogens (tertiary/aromatic N) is 1. The smallest absolute Gasteiger partial charge is 0.0582 e. The third kappa shape index (κ3) is 3.84. The molecule has 0 amide bonds. The zero-order valence-electron chi connectivity index (χ0n) is 6.54. The van der Waals surface area contributed by atoms with E-state index in [1.807, 2.05) is 32.1 Å². The Kier molecular flexibility index (Phi) is 5.35. The summed E-state index contributed by atoms with van der Waals surface area (Å²) in [7, 11) is 0. The van der Waals surface area contributed by atoms with E-state index in [2.05, 4.69) is 11.6 Å². The average molecular weight is 135 g/mol. The summed E-state index contributed by atoms with van der Waals surface area (Å²) in [6.07, 6.45) is 9.22. The van der Waals surface area contributed by atoms with Gasteiger partial charge in [0.2, 0.25) is 0 Å². The van der Waals surface area contributed by atoms with Gasteiger partial charge in [0.25, 0.3) is 0 Å². The average Bonchev–Trinajstić information content (AvgIpc) is 1.98. The van der Waals surface area contributed by atoms with E-state index < -0.39 is 0 Å². The molecular formula is C9H13N. The molecule has 0 rings (SSSR count). The van der Waals surface area contributed by atoms with Crippen molar-refractivity contribution in [3.05, 3.63) is 36.6 Å². The summed E-state index contributed by atoms with van der Waals surface area (Å²) >= 11 is 0. The third-order valence-corrected chi connectivity index (χ3v) is 0.977. The lowest BCUT2D eigenvalue weighted by molar-refractivity contribution is 1.39. The lowest BCUT2D eigenvalue weighted by Gasteiger charge is -1.87. The van der Waals surface area contributed by atoms with Crippen molar-refractivity contribution in [2.45, 2.75) is 13.8 Å². The molecule has 0 heterocycles. The highest BCUT2D eigenvalue weighted by atomic mass is 14.7. The standard InChI is InChI=1S/C9H13N/c1-4-7-8-9(5-2)10-6-3/h4-8H,1H2,2-3H3/b8-7-,9-5+,10-6?. The molecule has 0 aliphatic carbocycles. The largest absolute Gasteiger partial charge is 0.262 e. The van der Waals surface area contributed by atoms with Crippen LogP contribution >= 0.6 is 0 Å². The maximum atomic E-state index is 4.08.